The highest BCUT2D eigenvalue weighted by Crippen LogP contribution is 2.54. The molecule has 0 radical (unpaired) electrons. The van der Waals surface area contributed by atoms with Crippen molar-refractivity contribution < 1.29 is 53.7 Å². The lowest BCUT2D eigenvalue weighted by atomic mass is 9.95. The van der Waals surface area contributed by atoms with Gasteiger partial charge in [0.1, 0.15) is 36.6 Å². The summed E-state index contributed by atoms with van der Waals surface area (Å²) < 4.78 is 131. The molecule has 0 spiro atoms. The average molecular weight is 794 g/mol. The Kier molecular flexibility index (Phi) is 7.86. The summed E-state index contributed by atoms with van der Waals surface area (Å²) in [7, 11) is 0. The lowest BCUT2D eigenvalue weighted by molar-refractivity contribution is -0.138. The molecule has 6 atom stereocenters. The molecule has 9 rings (SSSR count). The predicted molar refractivity (Wildman–Crippen MR) is 157 cm³/mol. The summed E-state index contributed by atoms with van der Waals surface area (Å²) in [4.78, 5) is 0. The average Bonchev–Trinajstić information content (AvgIpc) is 3.85. The molecule has 6 unspecified atom stereocenters. The van der Waals surface area contributed by atoms with E-state index in [0.717, 1.165) is 43.9 Å². The first-order valence-electron chi connectivity index (χ1n) is 14.0. The lowest BCUT2D eigenvalue weighted by Crippen LogP contribution is -2.07. The van der Waals surface area contributed by atoms with Crippen molar-refractivity contribution >= 4 is 31.9 Å². The molecule has 0 amide bonds. The molecule has 3 nitrogen and oxygen atoms in total. The van der Waals surface area contributed by atoms with Crippen molar-refractivity contribution in [1.29, 1.82) is 0 Å². The molecular weight excluding hydrogens is 775 g/mol. The standard InChI is InChI=1S/2C11H6BrF3O.C11H7F3O/c12-8-4-9-7-3-5(11(13,14)15)1-2-6(7)10(8)16-9;12-8-4-9-6-2-1-5(11(13,14)15)3-7(6)10(8)16-9;12-11(13,14)6-1-2-7-8(5-6)10-4-3-9(7)15-10/h2*1-4,9-10H;1-5,9-10H. The van der Waals surface area contributed by atoms with Crippen molar-refractivity contribution in [3.8, 4) is 0 Å². The van der Waals surface area contributed by atoms with Gasteiger partial charge in [-0.2, -0.15) is 39.5 Å². The third kappa shape index (κ3) is 5.90. The van der Waals surface area contributed by atoms with Crippen LogP contribution in [0.25, 0.3) is 0 Å². The molecule has 3 aromatic rings. The Bertz CT molecular complexity index is 1860. The van der Waals surface area contributed by atoms with E-state index in [0.29, 0.717) is 16.7 Å². The van der Waals surface area contributed by atoms with E-state index in [1.807, 2.05) is 12.2 Å². The number of hydrogen-bond donors (Lipinski definition) is 0. The fourth-order valence-electron chi connectivity index (χ4n) is 6.27. The van der Waals surface area contributed by atoms with Gasteiger partial charge in [0.05, 0.1) is 16.7 Å². The van der Waals surface area contributed by atoms with Gasteiger partial charge in [0.2, 0.25) is 0 Å². The minimum atomic E-state index is -4.30. The topological polar surface area (TPSA) is 27.7 Å². The van der Waals surface area contributed by atoms with Crippen molar-refractivity contribution in [3.63, 3.8) is 0 Å². The highest BCUT2D eigenvalue weighted by atomic mass is 79.9. The summed E-state index contributed by atoms with van der Waals surface area (Å²) in [6.07, 6.45) is -7.07. The van der Waals surface area contributed by atoms with Gasteiger partial charge in [0, 0.05) is 8.96 Å². The summed E-state index contributed by atoms with van der Waals surface area (Å²) in [6, 6.07) is 11.3. The third-order valence-electron chi connectivity index (χ3n) is 8.47. The monoisotopic (exact) mass is 792 g/mol. The van der Waals surface area contributed by atoms with Crippen LogP contribution in [0.2, 0.25) is 0 Å². The molecule has 14 heteroatoms. The molecule has 246 valence electrons. The van der Waals surface area contributed by atoms with Gasteiger partial charge < -0.3 is 14.2 Å². The number of benzene rings is 3. The van der Waals surface area contributed by atoms with Gasteiger partial charge in [-0.05, 0) is 81.9 Å². The van der Waals surface area contributed by atoms with Gasteiger partial charge in [0.25, 0.3) is 0 Å². The van der Waals surface area contributed by atoms with Crippen LogP contribution >= 0.6 is 31.9 Å². The van der Waals surface area contributed by atoms with Crippen molar-refractivity contribution in [2.24, 2.45) is 0 Å². The minimum Gasteiger partial charge on any atom is -0.357 e. The van der Waals surface area contributed by atoms with Gasteiger partial charge in [-0.15, -0.1) is 0 Å². The molecule has 0 aromatic heterocycles. The summed E-state index contributed by atoms with van der Waals surface area (Å²) in [5.74, 6) is 0. The van der Waals surface area contributed by atoms with Crippen LogP contribution in [0, 0.1) is 0 Å². The Morgan fingerprint density at radius 2 is 0.787 bits per heavy atom. The Balaban J connectivity index is 0.000000112. The maximum Gasteiger partial charge on any atom is 0.416 e. The van der Waals surface area contributed by atoms with E-state index in [1.165, 1.54) is 36.4 Å². The number of hydrogen-bond acceptors (Lipinski definition) is 3. The Labute approximate surface area is 277 Å². The van der Waals surface area contributed by atoms with Gasteiger partial charge in [0.15, 0.2) is 0 Å². The van der Waals surface area contributed by atoms with Gasteiger partial charge >= 0.3 is 18.5 Å². The van der Waals surface area contributed by atoms with Crippen molar-refractivity contribution in [2.75, 3.05) is 0 Å². The number of alkyl halides is 9. The molecule has 0 aliphatic carbocycles. The smallest absolute Gasteiger partial charge is 0.357 e. The van der Waals surface area contributed by atoms with Crippen LogP contribution < -0.4 is 0 Å². The minimum absolute atomic E-state index is 0.146. The van der Waals surface area contributed by atoms with Crippen molar-refractivity contribution in [2.45, 2.75) is 55.2 Å². The summed E-state index contributed by atoms with van der Waals surface area (Å²) in [6.45, 7) is 0. The van der Waals surface area contributed by atoms with Crippen molar-refractivity contribution in [1.82, 2.24) is 0 Å². The number of ether oxygens (including phenoxy) is 3. The molecule has 6 bridgehead atoms. The second-order valence-electron chi connectivity index (χ2n) is 11.4. The van der Waals surface area contributed by atoms with Crippen molar-refractivity contribution in [3.05, 3.63) is 138 Å². The second-order valence-corrected chi connectivity index (χ2v) is 13.2. The van der Waals surface area contributed by atoms with Gasteiger partial charge in [-0.3, -0.25) is 0 Å². The largest absolute Gasteiger partial charge is 0.416 e. The summed E-state index contributed by atoms with van der Waals surface area (Å²) in [5, 5.41) is 0. The van der Waals surface area contributed by atoms with E-state index in [-0.39, 0.29) is 36.6 Å². The fourth-order valence-corrected chi connectivity index (χ4v) is 7.46. The first kappa shape index (κ1) is 32.6. The highest BCUT2D eigenvalue weighted by Gasteiger charge is 2.42. The molecule has 0 N–H and O–H groups in total. The number of halogens is 11. The second kappa shape index (κ2) is 11.3. The van der Waals surface area contributed by atoms with E-state index in [9.17, 15) is 39.5 Å². The molecule has 47 heavy (non-hydrogen) atoms. The highest BCUT2D eigenvalue weighted by molar-refractivity contribution is 9.12. The van der Waals surface area contributed by atoms with Crippen LogP contribution in [-0.2, 0) is 32.7 Å². The summed E-state index contributed by atoms with van der Waals surface area (Å²) >= 11 is 6.63. The van der Waals surface area contributed by atoms with Gasteiger partial charge in [-0.25, -0.2) is 0 Å². The maximum atomic E-state index is 12.5. The van der Waals surface area contributed by atoms with Gasteiger partial charge in [-0.1, -0.05) is 62.2 Å². The molecular formula is C33H19Br2F9O3. The van der Waals surface area contributed by atoms with Crippen LogP contribution in [0.15, 0.2) is 87.9 Å². The van der Waals surface area contributed by atoms with E-state index >= 15 is 0 Å². The zero-order valence-electron chi connectivity index (χ0n) is 23.4. The van der Waals surface area contributed by atoms with Crippen LogP contribution in [-0.4, -0.2) is 0 Å². The van der Waals surface area contributed by atoms with Crippen LogP contribution in [0.5, 0.6) is 0 Å². The third-order valence-corrected chi connectivity index (χ3v) is 9.84. The molecule has 0 saturated heterocycles. The van der Waals surface area contributed by atoms with Crippen LogP contribution in [0.1, 0.15) is 86.7 Å². The Morgan fingerprint density at radius 1 is 0.426 bits per heavy atom. The maximum absolute atomic E-state index is 12.5. The summed E-state index contributed by atoms with van der Waals surface area (Å²) in [5.41, 5.74) is 2.57. The molecule has 6 aliphatic heterocycles. The van der Waals surface area contributed by atoms with E-state index in [2.05, 4.69) is 31.9 Å². The van der Waals surface area contributed by atoms with E-state index < -0.39 is 35.2 Å². The van der Waals surface area contributed by atoms with Crippen LogP contribution in [0.4, 0.5) is 39.5 Å². The first-order chi connectivity index (χ1) is 22.0. The Morgan fingerprint density at radius 3 is 1.28 bits per heavy atom. The number of fused-ring (bicyclic) bond motifs is 15. The van der Waals surface area contributed by atoms with Crippen LogP contribution in [0.3, 0.4) is 0 Å². The molecule has 6 heterocycles. The fraction of sp³-hybridized carbons (Fsp3) is 0.273. The Hall–Kier alpha value is -2.91. The zero-order valence-corrected chi connectivity index (χ0v) is 26.5. The zero-order chi connectivity index (χ0) is 33.6. The molecule has 0 fully saturated rings. The quantitative estimate of drug-likeness (QED) is 0.168. The number of rotatable bonds is 0. The predicted octanol–water partition coefficient (Wildman–Crippen LogP) is 11.6. The normalized spacial score (nSPS) is 27.0. The molecule has 6 aliphatic rings. The lowest BCUT2D eigenvalue weighted by Gasteiger charge is -2.13. The SMILES string of the molecule is FC(F)(F)c1ccc2c(c1)C1C=C(Br)C2O1.FC(F)(F)c1ccc2c(c1)C1C=CC2O1.FC(F)(F)c1ccc2c(c1)C1OC2C=C1Br. The van der Waals surface area contributed by atoms with E-state index in [1.54, 1.807) is 12.2 Å². The molecule has 3 aromatic carbocycles. The molecule has 0 saturated carbocycles. The van der Waals surface area contributed by atoms with E-state index in [4.69, 9.17) is 14.2 Å². The first-order valence-corrected chi connectivity index (χ1v) is 15.6.